The highest BCUT2D eigenvalue weighted by atomic mass is 35.5. The number of aliphatic hydroxyl groups is 1. The van der Waals surface area contributed by atoms with Crippen molar-refractivity contribution in [2.75, 3.05) is 5.73 Å². The minimum Gasteiger partial charge on any atom is -0.399 e. The number of carbonyl (C=O) groups is 1. The van der Waals surface area contributed by atoms with Crippen molar-refractivity contribution in [3.63, 3.8) is 0 Å². The Morgan fingerprint density at radius 2 is 2.00 bits per heavy atom. The number of amides is 1. The maximum atomic E-state index is 13.2. The molecule has 0 unspecified atom stereocenters. The highest BCUT2D eigenvalue weighted by molar-refractivity contribution is 6.32. The van der Waals surface area contributed by atoms with Gasteiger partial charge >= 0.3 is 6.18 Å². The Bertz CT molecular complexity index is 1040. The van der Waals surface area contributed by atoms with E-state index in [0.717, 1.165) is 23.6 Å². The predicted octanol–water partition coefficient (Wildman–Crippen LogP) is 3.46. The van der Waals surface area contributed by atoms with Crippen LogP contribution < -0.4 is 16.6 Å². The molecule has 1 aliphatic carbocycles. The molecule has 0 radical (unpaired) electrons. The van der Waals surface area contributed by atoms with Crippen LogP contribution in [0.3, 0.4) is 0 Å². The lowest BCUT2D eigenvalue weighted by Gasteiger charge is -2.28. The van der Waals surface area contributed by atoms with Crippen LogP contribution in [-0.2, 0) is 6.18 Å². The summed E-state index contributed by atoms with van der Waals surface area (Å²) in [5.74, 6) is -0.710. The van der Waals surface area contributed by atoms with Gasteiger partial charge in [0.1, 0.15) is 5.69 Å². The number of aromatic nitrogens is 2. The summed E-state index contributed by atoms with van der Waals surface area (Å²) in [6.07, 6.45) is -2.72. The molecule has 168 valence electrons. The van der Waals surface area contributed by atoms with Gasteiger partial charge in [0.15, 0.2) is 0 Å². The number of halogens is 4. The summed E-state index contributed by atoms with van der Waals surface area (Å²) in [6, 6.07) is 2.92. The van der Waals surface area contributed by atoms with E-state index < -0.39 is 46.4 Å². The highest BCUT2D eigenvalue weighted by Crippen LogP contribution is 2.39. The minimum absolute atomic E-state index is 0.00151. The molecule has 1 heterocycles. The van der Waals surface area contributed by atoms with Gasteiger partial charge in [-0.2, -0.15) is 18.3 Å². The molecule has 1 amide bonds. The van der Waals surface area contributed by atoms with Gasteiger partial charge in [-0.1, -0.05) is 24.4 Å². The molecule has 3 atom stereocenters. The summed E-state index contributed by atoms with van der Waals surface area (Å²) >= 11 is 5.94. The number of nitrogens with two attached hydrogens (primary N) is 1. The van der Waals surface area contributed by atoms with Crippen LogP contribution >= 0.6 is 11.6 Å². The molecule has 1 fully saturated rings. The number of nitrogen functional groups attached to an aromatic ring is 1. The molecule has 4 N–H and O–H groups in total. The average molecular weight is 459 g/mol. The molecule has 0 saturated heterocycles. The number of nitrogens with one attached hydrogen (secondary N) is 1. The maximum absolute atomic E-state index is 13.2. The van der Waals surface area contributed by atoms with Crippen molar-refractivity contribution in [2.24, 2.45) is 0 Å². The van der Waals surface area contributed by atoms with Gasteiger partial charge in [-0.15, -0.1) is 0 Å². The maximum Gasteiger partial charge on any atom is 0.417 e. The third-order valence-corrected chi connectivity index (χ3v) is 5.73. The van der Waals surface area contributed by atoms with Crippen molar-refractivity contribution in [1.29, 1.82) is 0 Å². The zero-order valence-corrected chi connectivity index (χ0v) is 17.4. The predicted molar refractivity (Wildman–Crippen MR) is 109 cm³/mol. The van der Waals surface area contributed by atoms with E-state index in [1.807, 2.05) is 0 Å². The zero-order chi connectivity index (χ0) is 22.9. The Morgan fingerprint density at radius 1 is 1.32 bits per heavy atom. The molecular weight excluding hydrogens is 437 g/mol. The van der Waals surface area contributed by atoms with Crippen LogP contribution in [0.15, 0.2) is 29.1 Å². The lowest BCUT2D eigenvalue weighted by Crippen LogP contribution is -2.38. The van der Waals surface area contributed by atoms with Crippen molar-refractivity contribution < 1.29 is 23.1 Å². The molecule has 0 aliphatic heterocycles. The number of benzene rings is 1. The Labute approximate surface area is 181 Å². The zero-order valence-electron chi connectivity index (χ0n) is 16.6. The monoisotopic (exact) mass is 458 g/mol. The quantitative estimate of drug-likeness (QED) is 0.608. The van der Waals surface area contributed by atoms with Gasteiger partial charge in [0, 0.05) is 11.8 Å². The summed E-state index contributed by atoms with van der Waals surface area (Å²) in [5.41, 5.74) is 3.78. The fraction of sp³-hybridized carbons (Fsp3) is 0.450. The summed E-state index contributed by atoms with van der Waals surface area (Å²) in [6.45, 7) is 1.46. The molecule has 0 bridgehead atoms. The van der Waals surface area contributed by atoms with E-state index in [1.165, 1.54) is 25.1 Å². The Balaban J connectivity index is 1.86. The largest absolute Gasteiger partial charge is 0.417 e. The van der Waals surface area contributed by atoms with Crippen LogP contribution in [0.4, 0.5) is 18.9 Å². The second-order valence-electron chi connectivity index (χ2n) is 7.59. The molecular formula is C20H22ClF3N4O3. The minimum atomic E-state index is -4.71. The lowest BCUT2D eigenvalue weighted by atomic mass is 9.93. The van der Waals surface area contributed by atoms with Crippen LogP contribution in [0.2, 0.25) is 5.02 Å². The normalized spacial score (nSPS) is 20.3. The van der Waals surface area contributed by atoms with Crippen molar-refractivity contribution in [3.8, 4) is 0 Å². The van der Waals surface area contributed by atoms with Crippen molar-refractivity contribution in [1.82, 2.24) is 15.1 Å². The molecule has 1 saturated carbocycles. The number of nitrogens with zero attached hydrogens (tertiary/aromatic N) is 2. The smallest absolute Gasteiger partial charge is 0.399 e. The van der Waals surface area contributed by atoms with Gasteiger partial charge in [-0.3, -0.25) is 9.59 Å². The topological polar surface area (TPSA) is 110 Å². The summed E-state index contributed by atoms with van der Waals surface area (Å²) in [4.78, 5) is 24.9. The average Bonchev–Trinajstić information content (AvgIpc) is 2.69. The van der Waals surface area contributed by atoms with E-state index in [9.17, 15) is 27.9 Å². The molecule has 1 aliphatic rings. The fourth-order valence-corrected chi connectivity index (χ4v) is 4.08. The van der Waals surface area contributed by atoms with E-state index in [1.54, 1.807) is 0 Å². The van der Waals surface area contributed by atoms with Gasteiger partial charge in [0.25, 0.3) is 11.5 Å². The number of carbonyl (C=O) groups excluding carboxylic acids is 1. The summed E-state index contributed by atoms with van der Waals surface area (Å²) < 4.78 is 40.7. The van der Waals surface area contributed by atoms with Gasteiger partial charge < -0.3 is 16.2 Å². The van der Waals surface area contributed by atoms with Crippen LogP contribution in [0.1, 0.15) is 66.3 Å². The molecule has 1 aromatic carbocycles. The number of rotatable bonds is 4. The van der Waals surface area contributed by atoms with Crippen molar-refractivity contribution in [2.45, 2.75) is 57.0 Å². The molecule has 7 nitrogen and oxygen atoms in total. The Kier molecular flexibility index (Phi) is 6.61. The van der Waals surface area contributed by atoms with Crippen LogP contribution in [0.25, 0.3) is 0 Å². The number of aliphatic hydroxyl groups excluding tert-OH is 1. The first kappa shape index (κ1) is 23.1. The summed E-state index contributed by atoms with van der Waals surface area (Å²) in [5, 5.41) is 16.3. The van der Waals surface area contributed by atoms with Crippen molar-refractivity contribution >= 4 is 23.2 Å². The van der Waals surface area contributed by atoms with E-state index in [4.69, 9.17) is 17.3 Å². The molecule has 1 aromatic heterocycles. The SMILES string of the molecule is C[C@@H](NC(=O)c1ccc(=O)n([C@H]2CCCC[C@@H]2O)n1)c1cc(N)cc(C(F)(F)F)c1Cl. The second kappa shape index (κ2) is 8.88. The van der Waals surface area contributed by atoms with E-state index in [2.05, 4.69) is 10.4 Å². The second-order valence-corrected chi connectivity index (χ2v) is 7.96. The van der Waals surface area contributed by atoms with Crippen LogP contribution in [0, 0.1) is 0 Å². The first-order chi connectivity index (χ1) is 14.5. The Hall–Kier alpha value is -2.59. The number of anilines is 1. The van der Waals surface area contributed by atoms with Crippen LogP contribution in [0.5, 0.6) is 0 Å². The number of hydrogen-bond acceptors (Lipinski definition) is 5. The number of hydrogen-bond donors (Lipinski definition) is 3. The summed E-state index contributed by atoms with van der Waals surface area (Å²) in [7, 11) is 0. The fourth-order valence-electron chi connectivity index (χ4n) is 3.70. The first-order valence-electron chi connectivity index (χ1n) is 9.74. The van der Waals surface area contributed by atoms with Crippen molar-refractivity contribution in [3.05, 3.63) is 56.5 Å². The molecule has 0 spiro atoms. The number of alkyl halides is 3. The molecule has 2 aromatic rings. The van der Waals surface area contributed by atoms with Gasteiger partial charge in [0.2, 0.25) is 0 Å². The molecule has 31 heavy (non-hydrogen) atoms. The Morgan fingerprint density at radius 3 is 2.65 bits per heavy atom. The van der Waals surface area contributed by atoms with E-state index >= 15 is 0 Å². The standard InChI is InChI=1S/C20H22ClF3N4O3/c1-10(12-8-11(25)9-13(18(12)21)20(22,23)24)26-19(31)14-6-7-17(30)28(27-14)15-4-2-3-5-16(15)29/h6-10,15-16,29H,2-5,25H2,1H3,(H,26,31)/t10-,15+,16+/m1/s1. The third kappa shape index (κ3) is 5.01. The van der Waals surface area contributed by atoms with E-state index in [0.29, 0.717) is 12.8 Å². The van der Waals surface area contributed by atoms with Gasteiger partial charge in [0.05, 0.1) is 28.8 Å². The van der Waals surface area contributed by atoms with Gasteiger partial charge in [-0.05, 0) is 43.5 Å². The van der Waals surface area contributed by atoms with E-state index in [-0.39, 0.29) is 16.9 Å². The third-order valence-electron chi connectivity index (χ3n) is 5.31. The molecule has 3 rings (SSSR count). The lowest BCUT2D eigenvalue weighted by molar-refractivity contribution is -0.137. The van der Waals surface area contributed by atoms with Crippen LogP contribution in [-0.4, -0.2) is 26.9 Å². The van der Waals surface area contributed by atoms with Gasteiger partial charge in [-0.25, -0.2) is 4.68 Å². The molecule has 11 heteroatoms. The first-order valence-corrected chi connectivity index (χ1v) is 10.1. The highest BCUT2D eigenvalue weighted by Gasteiger charge is 2.35.